The van der Waals surface area contributed by atoms with E-state index >= 15 is 0 Å². The highest BCUT2D eigenvalue weighted by Crippen LogP contribution is 2.25. The molecule has 3 aromatic rings. The number of benzene rings is 1. The summed E-state index contributed by atoms with van der Waals surface area (Å²) in [6, 6.07) is 13.3. The lowest BCUT2D eigenvalue weighted by atomic mass is 10.2. The molecule has 2 heterocycles. The van der Waals surface area contributed by atoms with Gasteiger partial charge in [-0.25, -0.2) is 0 Å². The van der Waals surface area contributed by atoms with Crippen LogP contribution in [0, 0.1) is 0 Å². The van der Waals surface area contributed by atoms with Gasteiger partial charge in [0.2, 0.25) is 0 Å². The number of nitrogen functional groups attached to an aromatic ring is 1. The van der Waals surface area contributed by atoms with E-state index in [1.54, 1.807) is 12.1 Å². The van der Waals surface area contributed by atoms with Crippen molar-refractivity contribution in [2.75, 3.05) is 5.73 Å². The van der Waals surface area contributed by atoms with Gasteiger partial charge in [-0.1, -0.05) is 18.2 Å². The molecule has 0 saturated heterocycles. The summed E-state index contributed by atoms with van der Waals surface area (Å²) in [5.41, 5.74) is 7.00. The first-order chi connectivity index (χ1) is 7.83. The predicted octanol–water partition coefficient (Wildman–Crippen LogP) is 2.47. The van der Waals surface area contributed by atoms with E-state index in [2.05, 4.69) is 10.2 Å². The summed E-state index contributed by atoms with van der Waals surface area (Å²) in [5.74, 6) is 1.11. The summed E-state index contributed by atoms with van der Waals surface area (Å²) in [6.07, 6.45) is 0. The van der Waals surface area contributed by atoms with E-state index in [1.807, 2.05) is 30.3 Å². The molecule has 4 heteroatoms. The molecule has 0 amide bonds. The van der Waals surface area contributed by atoms with Crippen LogP contribution in [0.25, 0.3) is 22.4 Å². The van der Waals surface area contributed by atoms with Crippen LogP contribution in [-0.2, 0) is 0 Å². The van der Waals surface area contributed by atoms with Crippen LogP contribution in [0.15, 0.2) is 46.9 Å². The number of anilines is 1. The van der Waals surface area contributed by atoms with Crippen molar-refractivity contribution in [3.05, 3.63) is 42.5 Å². The highest BCUT2D eigenvalue weighted by atomic mass is 16.3. The van der Waals surface area contributed by atoms with Crippen molar-refractivity contribution < 1.29 is 4.42 Å². The van der Waals surface area contributed by atoms with Crippen molar-refractivity contribution in [1.29, 1.82) is 0 Å². The van der Waals surface area contributed by atoms with Crippen molar-refractivity contribution in [3.63, 3.8) is 0 Å². The van der Waals surface area contributed by atoms with E-state index < -0.39 is 0 Å². The van der Waals surface area contributed by atoms with Crippen LogP contribution in [0.4, 0.5) is 5.82 Å². The Balaban J connectivity index is 2.15. The van der Waals surface area contributed by atoms with Crippen molar-refractivity contribution in [1.82, 2.24) is 10.2 Å². The number of aromatic nitrogens is 2. The largest absolute Gasteiger partial charge is 0.454 e. The minimum absolute atomic E-state index is 0.403. The Bertz CT molecular complexity index is 595. The van der Waals surface area contributed by atoms with Crippen LogP contribution in [0.2, 0.25) is 0 Å². The first-order valence-corrected chi connectivity index (χ1v) is 4.91. The number of nitrogens with zero attached hydrogens (tertiary/aromatic N) is 2. The molecule has 0 atom stereocenters. The lowest BCUT2D eigenvalue weighted by Gasteiger charge is -1.94. The predicted molar refractivity (Wildman–Crippen MR) is 61.7 cm³/mol. The monoisotopic (exact) mass is 211 g/mol. The Labute approximate surface area is 91.7 Å². The molecule has 0 saturated carbocycles. The number of para-hydroxylation sites is 1. The normalized spacial score (nSPS) is 10.8. The van der Waals surface area contributed by atoms with E-state index in [9.17, 15) is 0 Å². The van der Waals surface area contributed by atoms with Crippen molar-refractivity contribution in [3.8, 4) is 11.5 Å². The van der Waals surface area contributed by atoms with Gasteiger partial charge >= 0.3 is 0 Å². The smallest absolute Gasteiger partial charge is 0.155 e. The Morgan fingerprint density at radius 3 is 2.62 bits per heavy atom. The van der Waals surface area contributed by atoms with Gasteiger partial charge in [0.1, 0.15) is 17.1 Å². The standard InChI is InChI=1S/C12H9N3O/c13-12-6-5-9(14-15-12)11-7-8-3-1-2-4-10(8)16-11/h1-7H,(H2,13,15). The summed E-state index contributed by atoms with van der Waals surface area (Å²) in [5, 5.41) is 8.82. The molecule has 0 aliphatic heterocycles. The average Bonchev–Trinajstić information content (AvgIpc) is 2.73. The molecule has 1 aromatic carbocycles. The summed E-state index contributed by atoms with van der Waals surface area (Å²) < 4.78 is 5.65. The molecule has 0 unspecified atom stereocenters. The maximum absolute atomic E-state index is 5.65. The van der Waals surface area contributed by atoms with Crippen LogP contribution >= 0.6 is 0 Å². The zero-order valence-corrected chi connectivity index (χ0v) is 8.42. The Morgan fingerprint density at radius 2 is 1.88 bits per heavy atom. The molecule has 0 spiro atoms. The third-order valence-corrected chi connectivity index (χ3v) is 2.36. The van der Waals surface area contributed by atoms with Gasteiger partial charge in [-0.3, -0.25) is 0 Å². The molecule has 0 bridgehead atoms. The average molecular weight is 211 g/mol. The second kappa shape index (κ2) is 3.34. The van der Waals surface area contributed by atoms with Crippen LogP contribution < -0.4 is 5.73 Å². The molecule has 2 aromatic heterocycles. The second-order valence-electron chi connectivity index (χ2n) is 3.49. The Hall–Kier alpha value is -2.36. The fourth-order valence-corrected chi connectivity index (χ4v) is 1.58. The van der Waals surface area contributed by atoms with Crippen LogP contribution in [-0.4, -0.2) is 10.2 Å². The fraction of sp³-hybridized carbons (Fsp3) is 0. The molecular formula is C12H9N3O. The minimum Gasteiger partial charge on any atom is -0.454 e. The molecule has 78 valence electrons. The molecule has 4 nitrogen and oxygen atoms in total. The Kier molecular flexibility index (Phi) is 1.86. The van der Waals surface area contributed by atoms with E-state index in [4.69, 9.17) is 10.2 Å². The Morgan fingerprint density at radius 1 is 1.00 bits per heavy atom. The zero-order valence-electron chi connectivity index (χ0n) is 8.42. The molecule has 3 rings (SSSR count). The van der Waals surface area contributed by atoms with E-state index in [-0.39, 0.29) is 0 Å². The van der Waals surface area contributed by atoms with Gasteiger partial charge in [-0.05, 0) is 24.3 Å². The molecular weight excluding hydrogens is 202 g/mol. The summed E-state index contributed by atoms with van der Waals surface area (Å²) >= 11 is 0. The van der Waals surface area contributed by atoms with E-state index in [0.29, 0.717) is 17.3 Å². The van der Waals surface area contributed by atoms with Crippen molar-refractivity contribution in [2.24, 2.45) is 0 Å². The number of hydrogen-bond acceptors (Lipinski definition) is 4. The molecule has 0 fully saturated rings. The highest BCUT2D eigenvalue weighted by Gasteiger charge is 2.06. The quantitative estimate of drug-likeness (QED) is 0.671. The molecule has 0 aliphatic rings. The van der Waals surface area contributed by atoms with Gasteiger partial charge in [0.05, 0.1) is 0 Å². The second-order valence-corrected chi connectivity index (χ2v) is 3.49. The summed E-state index contributed by atoms with van der Waals surface area (Å²) in [6.45, 7) is 0. The van der Waals surface area contributed by atoms with Gasteiger partial charge in [0.25, 0.3) is 0 Å². The van der Waals surface area contributed by atoms with Crippen LogP contribution in [0.5, 0.6) is 0 Å². The SMILES string of the molecule is Nc1ccc(-c2cc3ccccc3o2)nn1. The van der Waals surface area contributed by atoms with Gasteiger partial charge < -0.3 is 10.2 Å². The number of nitrogens with two attached hydrogens (primary N) is 1. The maximum atomic E-state index is 5.65. The number of fused-ring (bicyclic) bond motifs is 1. The van der Waals surface area contributed by atoms with Crippen molar-refractivity contribution >= 4 is 16.8 Å². The molecule has 2 N–H and O–H groups in total. The van der Waals surface area contributed by atoms with Gasteiger partial charge in [-0.2, -0.15) is 0 Å². The minimum atomic E-state index is 0.403. The van der Waals surface area contributed by atoms with Gasteiger partial charge in [-0.15, -0.1) is 10.2 Å². The van der Waals surface area contributed by atoms with Crippen LogP contribution in [0.3, 0.4) is 0 Å². The third-order valence-electron chi connectivity index (χ3n) is 2.36. The van der Waals surface area contributed by atoms with E-state index in [0.717, 1.165) is 11.0 Å². The van der Waals surface area contributed by atoms with Crippen molar-refractivity contribution in [2.45, 2.75) is 0 Å². The lowest BCUT2D eigenvalue weighted by molar-refractivity contribution is 0.627. The molecule has 0 radical (unpaired) electrons. The first-order valence-electron chi connectivity index (χ1n) is 4.91. The topological polar surface area (TPSA) is 64.9 Å². The third kappa shape index (κ3) is 1.40. The summed E-state index contributed by atoms with van der Waals surface area (Å²) in [7, 11) is 0. The first kappa shape index (κ1) is 8.91. The number of hydrogen-bond donors (Lipinski definition) is 1. The fourth-order valence-electron chi connectivity index (χ4n) is 1.58. The molecule has 16 heavy (non-hydrogen) atoms. The summed E-state index contributed by atoms with van der Waals surface area (Å²) in [4.78, 5) is 0. The van der Waals surface area contributed by atoms with Crippen LogP contribution in [0.1, 0.15) is 0 Å². The highest BCUT2D eigenvalue weighted by molar-refractivity contribution is 5.81. The number of furan rings is 1. The van der Waals surface area contributed by atoms with E-state index in [1.165, 1.54) is 0 Å². The molecule has 0 aliphatic carbocycles. The van der Waals surface area contributed by atoms with Gasteiger partial charge in [0, 0.05) is 5.39 Å². The number of rotatable bonds is 1. The lowest BCUT2D eigenvalue weighted by Crippen LogP contribution is -1.92. The zero-order chi connectivity index (χ0) is 11.0. The van der Waals surface area contributed by atoms with Gasteiger partial charge in [0.15, 0.2) is 5.76 Å². The maximum Gasteiger partial charge on any atom is 0.155 e.